The van der Waals surface area contributed by atoms with E-state index < -0.39 is 27.2 Å². The van der Waals surface area contributed by atoms with Gasteiger partial charge in [0.1, 0.15) is 11.4 Å². The molecule has 2 atom stereocenters. The maximum Gasteiger partial charge on any atom is 0.214 e. The molecule has 0 aliphatic heterocycles. The fourth-order valence-corrected chi connectivity index (χ4v) is 1.73. The monoisotopic (exact) mass is 249 g/mol. The fourth-order valence-electron chi connectivity index (χ4n) is 1.15. The average molecular weight is 249 g/mol. The Hall–Kier alpha value is -1.12. The van der Waals surface area contributed by atoms with Gasteiger partial charge in [0.15, 0.2) is 11.6 Å². The Balaban J connectivity index is 3.03. The minimum Gasteiger partial charge on any atom is -0.372 e. The van der Waals surface area contributed by atoms with E-state index in [-0.39, 0.29) is 5.82 Å². The summed E-state index contributed by atoms with van der Waals surface area (Å²) in [5.74, 6) is -0.535. The largest absolute Gasteiger partial charge is 0.372 e. The van der Waals surface area contributed by atoms with Crippen LogP contribution >= 0.6 is 0 Å². The molecule has 1 heterocycles. The van der Waals surface area contributed by atoms with Gasteiger partial charge in [-0.2, -0.15) is 0 Å². The van der Waals surface area contributed by atoms with Gasteiger partial charge in [-0.15, -0.1) is 0 Å². The zero-order valence-corrected chi connectivity index (χ0v) is 9.61. The molecule has 0 saturated carbocycles. The highest BCUT2D eigenvalue weighted by Gasteiger charge is 2.30. The number of halogens is 1. The van der Waals surface area contributed by atoms with Crippen molar-refractivity contribution in [3.63, 3.8) is 0 Å². The van der Waals surface area contributed by atoms with Crippen LogP contribution in [0.15, 0.2) is 12.4 Å². The highest BCUT2D eigenvalue weighted by molar-refractivity contribution is 7.89. The third-order valence-corrected chi connectivity index (χ3v) is 3.38. The molecule has 0 amide bonds. The number of hydrogen-bond acceptors (Lipinski definition) is 5. The molecule has 0 aliphatic carbocycles. The zero-order valence-electron chi connectivity index (χ0n) is 8.79. The molecule has 2 N–H and O–H groups in total. The van der Waals surface area contributed by atoms with E-state index in [0.717, 1.165) is 12.4 Å². The maximum atomic E-state index is 12.6. The van der Waals surface area contributed by atoms with E-state index in [1.807, 2.05) is 0 Å². The van der Waals surface area contributed by atoms with E-state index in [0.29, 0.717) is 0 Å². The number of methoxy groups -OCH3 is 1. The van der Waals surface area contributed by atoms with Gasteiger partial charge in [0, 0.05) is 7.11 Å². The topological polar surface area (TPSA) is 95.2 Å². The van der Waals surface area contributed by atoms with Gasteiger partial charge in [0.25, 0.3) is 0 Å². The first-order chi connectivity index (χ1) is 7.36. The summed E-state index contributed by atoms with van der Waals surface area (Å²) < 4.78 is 39.8. The van der Waals surface area contributed by atoms with Gasteiger partial charge in [0.05, 0.1) is 12.4 Å². The van der Waals surface area contributed by atoms with Crippen molar-refractivity contribution < 1.29 is 17.5 Å². The number of aromatic nitrogens is 2. The molecular weight excluding hydrogens is 237 g/mol. The fraction of sp³-hybridized carbons (Fsp3) is 0.500. The number of hydrogen-bond donors (Lipinski definition) is 1. The molecule has 1 aromatic rings. The van der Waals surface area contributed by atoms with Gasteiger partial charge >= 0.3 is 0 Å². The first-order valence-electron chi connectivity index (χ1n) is 4.38. The van der Waals surface area contributed by atoms with Gasteiger partial charge in [-0.05, 0) is 6.92 Å². The summed E-state index contributed by atoms with van der Waals surface area (Å²) in [6.45, 7) is 1.37. The predicted molar refractivity (Wildman–Crippen MR) is 54.3 cm³/mol. The maximum absolute atomic E-state index is 12.6. The molecule has 8 heteroatoms. The number of nitrogens with zero attached hydrogens (tertiary/aromatic N) is 2. The summed E-state index contributed by atoms with van der Waals surface area (Å²) in [4.78, 5) is 7.31. The summed E-state index contributed by atoms with van der Waals surface area (Å²) in [7, 11) is -2.47. The number of nitrogens with two attached hydrogens (primary N) is 1. The molecule has 0 bridgehead atoms. The Morgan fingerprint density at radius 2 is 1.94 bits per heavy atom. The summed E-state index contributed by atoms with van der Waals surface area (Å²) in [5.41, 5.74) is 0. The lowest BCUT2D eigenvalue weighted by Crippen LogP contribution is -2.33. The van der Waals surface area contributed by atoms with E-state index in [4.69, 9.17) is 9.88 Å². The third kappa shape index (κ3) is 2.94. The Morgan fingerprint density at radius 3 is 2.31 bits per heavy atom. The normalized spacial score (nSPS) is 15.8. The molecule has 1 aromatic heterocycles. The number of sulfonamides is 1. The number of primary sulfonamides is 1. The summed E-state index contributed by atoms with van der Waals surface area (Å²) in [5, 5.41) is 3.97. The van der Waals surface area contributed by atoms with Crippen LogP contribution in [0.25, 0.3) is 0 Å². The minimum atomic E-state index is -3.77. The van der Waals surface area contributed by atoms with E-state index in [1.165, 1.54) is 14.0 Å². The summed E-state index contributed by atoms with van der Waals surface area (Å²) >= 11 is 0. The quantitative estimate of drug-likeness (QED) is 0.809. The average Bonchev–Trinajstić information content (AvgIpc) is 2.20. The molecule has 0 radical (unpaired) electrons. The molecule has 6 nitrogen and oxygen atoms in total. The van der Waals surface area contributed by atoms with Crippen molar-refractivity contribution in [2.45, 2.75) is 18.3 Å². The van der Waals surface area contributed by atoms with Crippen molar-refractivity contribution >= 4 is 10.0 Å². The van der Waals surface area contributed by atoms with Crippen LogP contribution in [0.5, 0.6) is 0 Å². The lowest BCUT2D eigenvalue weighted by Gasteiger charge is -2.19. The molecule has 1 rings (SSSR count). The predicted octanol–water partition coefficient (Wildman–Crippen LogP) is -0.0198. The Kier molecular flexibility index (Phi) is 3.89. The Bertz CT molecular complexity index is 448. The number of rotatable bonds is 4. The second-order valence-electron chi connectivity index (χ2n) is 3.21. The van der Waals surface area contributed by atoms with E-state index in [9.17, 15) is 12.8 Å². The van der Waals surface area contributed by atoms with Crippen LogP contribution in [0.1, 0.15) is 18.9 Å². The van der Waals surface area contributed by atoms with Gasteiger partial charge in [-0.25, -0.2) is 27.9 Å². The van der Waals surface area contributed by atoms with Crippen LogP contribution in [0, 0.1) is 5.82 Å². The highest BCUT2D eigenvalue weighted by atomic mass is 32.2. The van der Waals surface area contributed by atoms with Crippen LogP contribution in [-0.2, 0) is 14.8 Å². The van der Waals surface area contributed by atoms with E-state index in [2.05, 4.69) is 9.97 Å². The lowest BCUT2D eigenvalue weighted by molar-refractivity contribution is 0.0946. The molecule has 90 valence electrons. The smallest absolute Gasteiger partial charge is 0.214 e. The van der Waals surface area contributed by atoms with Crippen LogP contribution in [0.4, 0.5) is 4.39 Å². The standard InChI is InChI=1S/C8H12FN3O3S/c1-5(16(10,13)14)7(15-2)8-11-3-6(9)4-12-8/h3-5,7H,1-2H3,(H2,10,13,14)/t5-,7+/m1/s1. The van der Waals surface area contributed by atoms with Crippen molar-refractivity contribution in [3.05, 3.63) is 24.0 Å². The molecule has 0 aliphatic rings. The minimum absolute atomic E-state index is 0.0745. The molecule has 0 spiro atoms. The van der Waals surface area contributed by atoms with Crippen LogP contribution in [-0.4, -0.2) is 30.7 Å². The van der Waals surface area contributed by atoms with Gasteiger partial charge < -0.3 is 4.74 Å². The van der Waals surface area contributed by atoms with E-state index in [1.54, 1.807) is 0 Å². The van der Waals surface area contributed by atoms with Gasteiger partial charge in [-0.1, -0.05) is 0 Å². The molecule has 0 unspecified atom stereocenters. The van der Waals surface area contributed by atoms with Crippen LogP contribution < -0.4 is 5.14 Å². The number of ether oxygens (including phenoxy) is 1. The summed E-state index contributed by atoms with van der Waals surface area (Å²) in [6.07, 6.45) is 0.949. The molecular formula is C8H12FN3O3S. The molecule has 0 fully saturated rings. The van der Waals surface area contributed by atoms with Gasteiger partial charge in [0.2, 0.25) is 10.0 Å². The van der Waals surface area contributed by atoms with Crippen molar-refractivity contribution in [2.75, 3.05) is 7.11 Å². The van der Waals surface area contributed by atoms with Gasteiger partial charge in [-0.3, -0.25) is 0 Å². The zero-order chi connectivity index (χ0) is 12.3. The van der Waals surface area contributed by atoms with Crippen LogP contribution in [0.2, 0.25) is 0 Å². The second-order valence-corrected chi connectivity index (χ2v) is 5.13. The first kappa shape index (κ1) is 12.9. The molecule has 0 saturated heterocycles. The highest BCUT2D eigenvalue weighted by Crippen LogP contribution is 2.20. The van der Waals surface area contributed by atoms with E-state index >= 15 is 0 Å². The Morgan fingerprint density at radius 1 is 1.44 bits per heavy atom. The second kappa shape index (κ2) is 4.81. The van der Waals surface area contributed by atoms with Crippen molar-refractivity contribution in [1.29, 1.82) is 0 Å². The van der Waals surface area contributed by atoms with Crippen molar-refractivity contribution in [2.24, 2.45) is 5.14 Å². The van der Waals surface area contributed by atoms with Crippen LogP contribution in [0.3, 0.4) is 0 Å². The van der Waals surface area contributed by atoms with Crippen molar-refractivity contribution in [1.82, 2.24) is 9.97 Å². The third-order valence-electron chi connectivity index (χ3n) is 2.09. The SMILES string of the molecule is CO[C@H](c1ncc(F)cn1)[C@@H](C)S(N)(=O)=O. The molecule has 0 aromatic carbocycles. The summed E-state index contributed by atoms with van der Waals surface area (Å²) in [6, 6.07) is 0. The Labute approximate surface area is 92.7 Å². The van der Waals surface area contributed by atoms with Crippen molar-refractivity contribution in [3.8, 4) is 0 Å². The molecule has 16 heavy (non-hydrogen) atoms. The lowest BCUT2D eigenvalue weighted by atomic mass is 10.2. The first-order valence-corrected chi connectivity index (χ1v) is 5.99.